The minimum absolute atomic E-state index is 0.463. The molecule has 3 nitrogen and oxygen atoms in total. The van der Waals surface area contributed by atoms with Gasteiger partial charge in [-0.3, -0.25) is 0 Å². The zero-order valence-electron chi connectivity index (χ0n) is 9.31. The summed E-state index contributed by atoms with van der Waals surface area (Å²) in [6.45, 7) is 3.12. The number of unbranched alkanes of at least 4 members (excludes halogenated alkanes) is 1. The number of aliphatic imine (C=N–C) groups is 1. The SMILES string of the molecule is CCCC[N+]1(c2ccc(Cl)cc2)C=NC=N1. The van der Waals surface area contributed by atoms with Gasteiger partial charge in [0.1, 0.15) is 6.54 Å². The topological polar surface area (TPSA) is 24.7 Å². The highest BCUT2D eigenvalue weighted by atomic mass is 35.5. The fourth-order valence-corrected chi connectivity index (χ4v) is 1.89. The molecule has 16 heavy (non-hydrogen) atoms. The highest BCUT2D eigenvalue weighted by Gasteiger charge is 2.30. The van der Waals surface area contributed by atoms with E-state index in [-0.39, 0.29) is 0 Å². The van der Waals surface area contributed by atoms with Crippen LogP contribution in [0.2, 0.25) is 5.02 Å². The van der Waals surface area contributed by atoms with Gasteiger partial charge in [-0.2, -0.15) is 4.99 Å². The molecule has 0 amide bonds. The van der Waals surface area contributed by atoms with Crippen molar-refractivity contribution < 1.29 is 0 Å². The molecule has 0 bridgehead atoms. The molecule has 1 aromatic rings. The molecule has 1 aliphatic heterocycles. The van der Waals surface area contributed by atoms with Gasteiger partial charge >= 0.3 is 0 Å². The molecular formula is C12H15ClN3+. The van der Waals surface area contributed by atoms with Crippen LogP contribution in [0, 0.1) is 0 Å². The van der Waals surface area contributed by atoms with Gasteiger partial charge < -0.3 is 0 Å². The van der Waals surface area contributed by atoms with E-state index >= 15 is 0 Å². The minimum atomic E-state index is 0.463. The van der Waals surface area contributed by atoms with Crippen molar-refractivity contribution in [1.29, 1.82) is 0 Å². The number of benzene rings is 1. The first-order valence-corrected chi connectivity index (χ1v) is 5.87. The van der Waals surface area contributed by atoms with Crippen molar-refractivity contribution in [2.24, 2.45) is 10.1 Å². The van der Waals surface area contributed by atoms with Crippen LogP contribution in [0.1, 0.15) is 19.8 Å². The second-order valence-corrected chi connectivity index (χ2v) is 4.31. The molecule has 0 aromatic heterocycles. The van der Waals surface area contributed by atoms with Gasteiger partial charge in [0.15, 0.2) is 12.0 Å². The third-order valence-corrected chi connectivity index (χ3v) is 2.96. The van der Waals surface area contributed by atoms with Crippen LogP contribution in [0.5, 0.6) is 0 Å². The molecule has 0 spiro atoms. The summed E-state index contributed by atoms with van der Waals surface area (Å²) in [5.41, 5.74) is 1.11. The van der Waals surface area contributed by atoms with Crippen molar-refractivity contribution >= 4 is 30.0 Å². The Morgan fingerprint density at radius 1 is 1.25 bits per heavy atom. The van der Waals surface area contributed by atoms with Crippen molar-refractivity contribution in [3.63, 3.8) is 0 Å². The van der Waals surface area contributed by atoms with E-state index in [4.69, 9.17) is 11.6 Å². The molecule has 0 aliphatic carbocycles. The zero-order valence-corrected chi connectivity index (χ0v) is 10.1. The van der Waals surface area contributed by atoms with Crippen LogP contribution in [-0.2, 0) is 0 Å². The molecule has 1 aromatic carbocycles. The lowest BCUT2D eigenvalue weighted by Crippen LogP contribution is -2.41. The first-order chi connectivity index (χ1) is 7.77. The first kappa shape index (κ1) is 11.3. The lowest BCUT2D eigenvalue weighted by atomic mass is 10.2. The number of quaternary nitrogens is 1. The Morgan fingerprint density at radius 3 is 2.56 bits per heavy atom. The Hall–Kier alpha value is -1.19. The first-order valence-electron chi connectivity index (χ1n) is 5.49. The number of hydrogen-bond acceptors (Lipinski definition) is 2. The molecule has 1 atom stereocenters. The Balaban J connectivity index is 2.29. The molecule has 84 valence electrons. The van der Waals surface area contributed by atoms with Crippen LogP contribution in [0.3, 0.4) is 0 Å². The minimum Gasteiger partial charge on any atom is -0.183 e. The molecule has 0 saturated carbocycles. The smallest absolute Gasteiger partial charge is 0.183 e. The third-order valence-electron chi connectivity index (χ3n) is 2.71. The molecule has 2 rings (SSSR count). The molecule has 0 N–H and O–H groups in total. The number of hydrogen-bond donors (Lipinski definition) is 0. The molecule has 4 heteroatoms. The molecule has 0 radical (unpaired) electrons. The van der Waals surface area contributed by atoms with Crippen molar-refractivity contribution in [2.75, 3.05) is 6.54 Å². The standard InChI is InChI=1S/C12H15ClN3/c1-2-3-8-16(10-14-9-15-16)12-6-4-11(13)5-7-12/h4-7,9-10H,2-3,8H2,1H3/q+1. The van der Waals surface area contributed by atoms with E-state index in [0.29, 0.717) is 4.59 Å². The third kappa shape index (κ3) is 2.15. The van der Waals surface area contributed by atoms with E-state index in [1.54, 1.807) is 6.34 Å². The number of halogens is 1. The van der Waals surface area contributed by atoms with Gasteiger partial charge in [0.25, 0.3) is 0 Å². The Bertz CT molecular complexity index is 397. The van der Waals surface area contributed by atoms with Gasteiger partial charge in [0.2, 0.25) is 6.34 Å². The second kappa shape index (κ2) is 4.76. The molecule has 1 heterocycles. The van der Waals surface area contributed by atoms with E-state index in [1.165, 1.54) is 0 Å². The fraction of sp³-hybridized carbons (Fsp3) is 0.333. The summed E-state index contributed by atoms with van der Waals surface area (Å²) in [5.74, 6) is 0. The second-order valence-electron chi connectivity index (χ2n) is 3.88. The van der Waals surface area contributed by atoms with Crippen LogP contribution in [0.15, 0.2) is 34.4 Å². The van der Waals surface area contributed by atoms with E-state index in [2.05, 4.69) is 17.0 Å². The molecular weight excluding hydrogens is 222 g/mol. The summed E-state index contributed by atoms with van der Waals surface area (Å²) >= 11 is 5.89. The molecule has 1 aliphatic rings. The Labute approximate surface area is 101 Å². The highest BCUT2D eigenvalue weighted by molar-refractivity contribution is 6.30. The van der Waals surface area contributed by atoms with Crippen molar-refractivity contribution in [1.82, 2.24) is 4.59 Å². The van der Waals surface area contributed by atoms with Gasteiger partial charge in [-0.15, -0.1) is 4.59 Å². The van der Waals surface area contributed by atoms with Gasteiger partial charge in [-0.25, -0.2) is 0 Å². The summed E-state index contributed by atoms with van der Waals surface area (Å²) in [6, 6.07) is 7.80. The van der Waals surface area contributed by atoms with Crippen molar-refractivity contribution in [3.05, 3.63) is 29.3 Å². The van der Waals surface area contributed by atoms with E-state index < -0.39 is 0 Å². The predicted octanol–water partition coefficient (Wildman–Crippen LogP) is 3.43. The van der Waals surface area contributed by atoms with Crippen LogP contribution in [-0.4, -0.2) is 19.2 Å². The van der Waals surface area contributed by atoms with Crippen LogP contribution < -0.4 is 4.59 Å². The summed E-state index contributed by atoms with van der Waals surface area (Å²) in [7, 11) is 0. The van der Waals surface area contributed by atoms with E-state index in [9.17, 15) is 0 Å². The number of rotatable bonds is 4. The van der Waals surface area contributed by atoms with Gasteiger partial charge in [-0.1, -0.05) is 30.0 Å². The van der Waals surface area contributed by atoms with Crippen LogP contribution in [0.4, 0.5) is 5.69 Å². The monoisotopic (exact) mass is 236 g/mol. The molecule has 1 unspecified atom stereocenters. The maximum absolute atomic E-state index is 5.89. The van der Waals surface area contributed by atoms with Crippen molar-refractivity contribution in [3.8, 4) is 0 Å². The van der Waals surface area contributed by atoms with Gasteiger partial charge in [0, 0.05) is 17.2 Å². The van der Waals surface area contributed by atoms with E-state index in [1.807, 2.05) is 30.6 Å². The fourth-order valence-electron chi connectivity index (χ4n) is 1.77. The largest absolute Gasteiger partial charge is 0.223 e. The van der Waals surface area contributed by atoms with Gasteiger partial charge in [0.05, 0.1) is 0 Å². The lowest BCUT2D eigenvalue weighted by molar-refractivity contribution is 0.441. The molecule has 0 saturated heterocycles. The average molecular weight is 237 g/mol. The van der Waals surface area contributed by atoms with Crippen LogP contribution >= 0.6 is 11.6 Å². The van der Waals surface area contributed by atoms with Crippen LogP contribution in [0.25, 0.3) is 0 Å². The highest BCUT2D eigenvalue weighted by Crippen LogP contribution is 2.26. The average Bonchev–Trinajstić information content (AvgIpc) is 2.77. The van der Waals surface area contributed by atoms with E-state index in [0.717, 1.165) is 30.1 Å². The van der Waals surface area contributed by atoms with Gasteiger partial charge in [-0.05, 0) is 18.6 Å². The Kier molecular flexibility index (Phi) is 3.36. The maximum Gasteiger partial charge on any atom is 0.223 e. The lowest BCUT2D eigenvalue weighted by Gasteiger charge is -2.23. The maximum atomic E-state index is 5.89. The normalized spacial score (nSPS) is 22.9. The summed E-state index contributed by atoms with van der Waals surface area (Å²) < 4.78 is 0.463. The predicted molar refractivity (Wildman–Crippen MR) is 70.0 cm³/mol. The zero-order chi connectivity index (χ0) is 11.4. The van der Waals surface area contributed by atoms with Crippen molar-refractivity contribution in [2.45, 2.75) is 19.8 Å². The molecule has 0 fully saturated rings. The summed E-state index contributed by atoms with van der Waals surface area (Å²) in [6.07, 6.45) is 5.76. The Morgan fingerprint density at radius 2 is 2.00 bits per heavy atom. The summed E-state index contributed by atoms with van der Waals surface area (Å²) in [5, 5.41) is 5.20. The quantitative estimate of drug-likeness (QED) is 0.716. The summed E-state index contributed by atoms with van der Waals surface area (Å²) in [4.78, 5) is 4.11. The number of nitrogens with zero attached hydrogens (tertiary/aromatic N) is 3.